The van der Waals surface area contributed by atoms with E-state index in [0.29, 0.717) is 11.3 Å². The molecule has 0 aliphatic rings. The van der Waals surface area contributed by atoms with E-state index in [0.717, 1.165) is 45.4 Å². The van der Waals surface area contributed by atoms with Crippen molar-refractivity contribution in [2.75, 3.05) is 7.11 Å². The van der Waals surface area contributed by atoms with E-state index in [1.165, 1.54) is 0 Å². The summed E-state index contributed by atoms with van der Waals surface area (Å²) in [7, 11) is 1.65. The van der Waals surface area contributed by atoms with Crippen molar-refractivity contribution in [3.63, 3.8) is 0 Å². The van der Waals surface area contributed by atoms with Crippen LogP contribution >= 0.6 is 11.8 Å². The van der Waals surface area contributed by atoms with Crippen molar-refractivity contribution in [1.82, 2.24) is 14.8 Å². The second-order valence-electron chi connectivity index (χ2n) is 6.66. The van der Waals surface area contributed by atoms with Crippen LogP contribution in [0.1, 0.15) is 18.1 Å². The molecule has 0 amide bonds. The van der Waals surface area contributed by atoms with Gasteiger partial charge in [0.1, 0.15) is 11.3 Å². The van der Waals surface area contributed by atoms with E-state index in [1.807, 2.05) is 49.4 Å². The summed E-state index contributed by atoms with van der Waals surface area (Å²) in [4.78, 5) is 12.0. The first kappa shape index (κ1) is 19.3. The van der Waals surface area contributed by atoms with E-state index in [4.69, 9.17) is 9.15 Å². The molecule has 4 aromatic rings. The minimum Gasteiger partial charge on any atom is -0.497 e. The maximum absolute atomic E-state index is 12.0. The summed E-state index contributed by atoms with van der Waals surface area (Å²) < 4.78 is 12.7. The lowest BCUT2D eigenvalue weighted by Gasteiger charge is -2.09. The molecule has 0 saturated heterocycles. The van der Waals surface area contributed by atoms with Gasteiger partial charge in [-0.25, -0.2) is 4.79 Å². The molecule has 7 heteroatoms. The van der Waals surface area contributed by atoms with Crippen molar-refractivity contribution in [1.29, 1.82) is 0 Å². The highest BCUT2D eigenvalue weighted by molar-refractivity contribution is 7.98. The lowest BCUT2D eigenvalue weighted by Crippen LogP contribution is -2.02. The molecule has 148 valence electrons. The van der Waals surface area contributed by atoms with Gasteiger partial charge >= 0.3 is 5.63 Å². The van der Waals surface area contributed by atoms with Crippen LogP contribution in [0.25, 0.3) is 22.4 Å². The summed E-state index contributed by atoms with van der Waals surface area (Å²) >= 11 is 1.56. The average molecular weight is 407 g/mol. The Bertz CT molecular complexity index is 1210. The fourth-order valence-corrected chi connectivity index (χ4v) is 4.23. The number of aryl methyl sites for hydroxylation is 1. The van der Waals surface area contributed by atoms with Gasteiger partial charge in [-0.05, 0) is 55.3 Å². The molecule has 29 heavy (non-hydrogen) atoms. The van der Waals surface area contributed by atoms with Crippen molar-refractivity contribution in [3.05, 3.63) is 70.1 Å². The molecule has 0 saturated carbocycles. The summed E-state index contributed by atoms with van der Waals surface area (Å²) in [5.74, 6) is 2.22. The number of nitrogens with zero attached hydrogens (tertiary/aromatic N) is 3. The minimum atomic E-state index is -0.338. The number of hydrogen-bond acceptors (Lipinski definition) is 6. The lowest BCUT2D eigenvalue weighted by atomic mass is 10.1. The number of ether oxygens (including phenoxy) is 1. The molecule has 0 atom stereocenters. The van der Waals surface area contributed by atoms with Gasteiger partial charge in [0.15, 0.2) is 11.0 Å². The monoisotopic (exact) mass is 407 g/mol. The molecule has 0 aliphatic heterocycles. The number of methoxy groups -OCH3 is 1. The smallest absolute Gasteiger partial charge is 0.336 e. The van der Waals surface area contributed by atoms with Crippen LogP contribution in [0.3, 0.4) is 0 Å². The molecule has 0 spiro atoms. The van der Waals surface area contributed by atoms with Crippen molar-refractivity contribution in [2.45, 2.75) is 31.3 Å². The molecular formula is C22H21N3O3S. The van der Waals surface area contributed by atoms with Gasteiger partial charge in [0, 0.05) is 29.3 Å². The predicted octanol–water partition coefficient (Wildman–Crippen LogP) is 4.68. The summed E-state index contributed by atoms with van der Waals surface area (Å²) in [5.41, 5.74) is 3.24. The summed E-state index contributed by atoms with van der Waals surface area (Å²) in [6, 6.07) is 15.2. The van der Waals surface area contributed by atoms with Crippen molar-refractivity contribution >= 4 is 22.7 Å². The Morgan fingerprint density at radius 3 is 2.62 bits per heavy atom. The van der Waals surface area contributed by atoms with Crippen LogP contribution in [-0.4, -0.2) is 21.9 Å². The fourth-order valence-electron chi connectivity index (χ4n) is 3.23. The van der Waals surface area contributed by atoms with Gasteiger partial charge in [0.05, 0.1) is 7.11 Å². The molecule has 0 unspecified atom stereocenters. The highest BCUT2D eigenvalue weighted by atomic mass is 32.2. The second kappa shape index (κ2) is 8.13. The van der Waals surface area contributed by atoms with E-state index in [2.05, 4.69) is 21.7 Å². The van der Waals surface area contributed by atoms with Gasteiger partial charge in [-0.2, -0.15) is 0 Å². The van der Waals surface area contributed by atoms with Crippen LogP contribution in [0.4, 0.5) is 0 Å². The molecule has 2 heterocycles. The fraction of sp³-hybridized carbons (Fsp3) is 0.227. The van der Waals surface area contributed by atoms with Crippen LogP contribution in [0.5, 0.6) is 5.75 Å². The quantitative estimate of drug-likeness (QED) is 0.341. The predicted molar refractivity (Wildman–Crippen MR) is 114 cm³/mol. The molecule has 2 aromatic carbocycles. The summed E-state index contributed by atoms with van der Waals surface area (Å²) in [5, 5.41) is 10.5. The molecule has 0 N–H and O–H groups in total. The molecule has 0 bridgehead atoms. The maximum atomic E-state index is 12.0. The minimum absolute atomic E-state index is 0.338. The first-order valence-electron chi connectivity index (χ1n) is 9.33. The van der Waals surface area contributed by atoms with E-state index < -0.39 is 0 Å². The standard InChI is InChI=1S/C22H21N3O3S/c1-4-25-21(15-6-8-17(27-3)9-7-15)23-24-22(25)29-13-16-12-20(26)28-19-11-14(2)5-10-18(16)19/h5-12H,4,13H2,1-3H3. The lowest BCUT2D eigenvalue weighted by molar-refractivity contribution is 0.415. The van der Waals surface area contributed by atoms with Gasteiger partial charge in [0.25, 0.3) is 0 Å². The Kier molecular flexibility index (Phi) is 5.40. The summed E-state index contributed by atoms with van der Waals surface area (Å²) in [6.45, 7) is 4.79. The highest BCUT2D eigenvalue weighted by Crippen LogP contribution is 2.29. The molecular weight excluding hydrogens is 386 g/mol. The van der Waals surface area contributed by atoms with Crippen LogP contribution in [-0.2, 0) is 12.3 Å². The Labute approximate surface area is 172 Å². The number of hydrogen-bond donors (Lipinski definition) is 0. The molecule has 4 rings (SSSR count). The maximum Gasteiger partial charge on any atom is 0.336 e. The van der Waals surface area contributed by atoms with Gasteiger partial charge in [0.2, 0.25) is 0 Å². The molecule has 0 radical (unpaired) electrons. The topological polar surface area (TPSA) is 70.2 Å². The van der Waals surface area contributed by atoms with Crippen molar-refractivity contribution in [3.8, 4) is 17.1 Å². The van der Waals surface area contributed by atoms with Gasteiger partial charge in [-0.15, -0.1) is 10.2 Å². The number of rotatable bonds is 6. The molecule has 0 fully saturated rings. The van der Waals surface area contributed by atoms with Crippen LogP contribution in [0, 0.1) is 6.92 Å². The zero-order valence-corrected chi connectivity index (χ0v) is 17.3. The number of benzene rings is 2. The Balaban J connectivity index is 1.63. The third kappa shape index (κ3) is 3.91. The van der Waals surface area contributed by atoms with Crippen LogP contribution in [0.15, 0.2) is 62.9 Å². The number of aromatic nitrogens is 3. The third-order valence-electron chi connectivity index (χ3n) is 4.72. The van der Waals surface area contributed by atoms with E-state index in [1.54, 1.807) is 24.9 Å². The molecule has 2 aromatic heterocycles. The second-order valence-corrected chi connectivity index (χ2v) is 7.60. The summed E-state index contributed by atoms with van der Waals surface area (Å²) in [6.07, 6.45) is 0. The Morgan fingerprint density at radius 1 is 1.10 bits per heavy atom. The van der Waals surface area contributed by atoms with Crippen molar-refractivity contribution in [2.24, 2.45) is 0 Å². The number of fused-ring (bicyclic) bond motifs is 1. The normalized spacial score (nSPS) is 11.1. The molecule has 6 nitrogen and oxygen atoms in total. The largest absolute Gasteiger partial charge is 0.497 e. The first-order valence-corrected chi connectivity index (χ1v) is 10.3. The van der Waals surface area contributed by atoms with Crippen LogP contribution < -0.4 is 10.4 Å². The SMILES string of the molecule is CCn1c(SCc2cc(=O)oc3cc(C)ccc23)nnc1-c1ccc(OC)cc1. The Hall–Kier alpha value is -3.06. The van der Waals surface area contributed by atoms with Gasteiger partial charge < -0.3 is 13.7 Å². The highest BCUT2D eigenvalue weighted by Gasteiger charge is 2.15. The van der Waals surface area contributed by atoms with E-state index >= 15 is 0 Å². The zero-order chi connectivity index (χ0) is 20.4. The Morgan fingerprint density at radius 2 is 1.90 bits per heavy atom. The average Bonchev–Trinajstić information content (AvgIpc) is 3.14. The zero-order valence-electron chi connectivity index (χ0n) is 16.5. The first-order chi connectivity index (χ1) is 14.1. The van der Waals surface area contributed by atoms with E-state index in [-0.39, 0.29) is 5.63 Å². The van der Waals surface area contributed by atoms with E-state index in [9.17, 15) is 4.79 Å². The van der Waals surface area contributed by atoms with Crippen LogP contribution in [0.2, 0.25) is 0 Å². The molecule has 0 aliphatic carbocycles. The van der Waals surface area contributed by atoms with Crippen molar-refractivity contribution < 1.29 is 9.15 Å². The van der Waals surface area contributed by atoms with Gasteiger partial charge in [-0.1, -0.05) is 23.9 Å². The van der Waals surface area contributed by atoms with Gasteiger partial charge in [-0.3, -0.25) is 0 Å². The number of thioether (sulfide) groups is 1. The third-order valence-corrected chi connectivity index (χ3v) is 5.74.